The van der Waals surface area contributed by atoms with Crippen molar-refractivity contribution in [1.82, 2.24) is 5.32 Å². The third-order valence-electron chi connectivity index (χ3n) is 2.77. The van der Waals surface area contributed by atoms with Gasteiger partial charge < -0.3 is 14.8 Å². The minimum absolute atomic E-state index is 0.195. The molecule has 0 bridgehead atoms. The Morgan fingerprint density at radius 3 is 2.43 bits per heavy atom. The number of ether oxygens (including phenoxy) is 2. The van der Waals surface area contributed by atoms with Gasteiger partial charge in [0.2, 0.25) is 0 Å². The van der Waals surface area contributed by atoms with Gasteiger partial charge in [-0.25, -0.2) is 0 Å². The molecule has 1 aliphatic rings. The van der Waals surface area contributed by atoms with Crippen LogP contribution in [0.2, 0.25) is 0 Å². The number of carbonyl (C=O) groups is 1. The summed E-state index contributed by atoms with van der Waals surface area (Å²) in [7, 11) is 3.17. The van der Waals surface area contributed by atoms with Crippen molar-refractivity contribution in [2.24, 2.45) is 0 Å². The van der Waals surface area contributed by atoms with Gasteiger partial charge in [-0.2, -0.15) is 0 Å². The zero-order valence-corrected chi connectivity index (χ0v) is 8.91. The molecule has 0 atom stereocenters. The molecule has 4 heteroatoms. The van der Waals surface area contributed by atoms with E-state index in [4.69, 9.17) is 4.74 Å². The van der Waals surface area contributed by atoms with Crippen molar-refractivity contribution in [3.8, 4) is 0 Å². The lowest BCUT2D eigenvalue weighted by molar-refractivity contribution is -0.139. The van der Waals surface area contributed by atoms with Crippen molar-refractivity contribution in [3.05, 3.63) is 0 Å². The second-order valence-electron chi connectivity index (χ2n) is 3.67. The van der Waals surface area contributed by atoms with Crippen molar-refractivity contribution in [3.63, 3.8) is 0 Å². The average molecular weight is 201 g/mol. The van der Waals surface area contributed by atoms with E-state index < -0.39 is 0 Å². The van der Waals surface area contributed by atoms with Gasteiger partial charge in [-0.3, -0.25) is 4.79 Å². The number of hydrogen-bond donors (Lipinski definition) is 1. The predicted octanol–water partition coefficient (Wildman–Crippen LogP) is 0.707. The Morgan fingerprint density at radius 1 is 1.29 bits per heavy atom. The highest BCUT2D eigenvalue weighted by molar-refractivity contribution is 5.71. The van der Waals surface area contributed by atoms with Crippen LogP contribution >= 0.6 is 0 Å². The molecule has 0 aromatic carbocycles. The molecule has 4 nitrogen and oxygen atoms in total. The monoisotopic (exact) mass is 201 g/mol. The first-order chi connectivity index (χ1) is 6.76. The van der Waals surface area contributed by atoms with Gasteiger partial charge in [-0.1, -0.05) is 0 Å². The summed E-state index contributed by atoms with van der Waals surface area (Å²) in [6, 6.07) is 0.445. The zero-order chi connectivity index (χ0) is 10.4. The molecule has 0 spiro atoms. The van der Waals surface area contributed by atoms with Crippen molar-refractivity contribution >= 4 is 5.97 Å². The van der Waals surface area contributed by atoms with Gasteiger partial charge in [0, 0.05) is 13.2 Å². The standard InChI is InChI=1S/C10H19NO3/c1-13-9-5-3-8(4-6-9)11-7-10(12)14-2/h8-9,11H,3-7H2,1-2H3. The van der Waals surface area contributed by atoms with E-state index in [0.29, 0.717) is 18.7 Å². The van der Waals surface area contributed by atoms with Crippen LogP contribution in [0, 0.1) is 0 Å². The maximum Gasteiger partial charge on any atom is 0.319 e. The van der Waals surface area contributed by atoms with Crippen molar-refractivity contribution in [2.75, 3.05) is 20.8 Å². The topological polar surface area (TPSA) is 47.6 Å². The summed E-state index contributed by atoms with van der Waals surface area (Å²) < 4.78 is 9.82. The van der Waals surface area contributed by atoms with Crippen LogP contribution in [0.25, 0.3) is 0 Å². The summed E-state index contributed by atoms with van der Waals surface area (Å²) in [6.45, 7) is 0.318. The summed E-state index contributed by atoms with van der Waals surface area (Å²) in [6.07, 6.45) is 4.72. The smallest absolute Gasteiger partial charge is 0.319 e. The Hall–Kier alpha value is -0.610. The van der Waals surface area contributed by atoms with Crippen LogP contribution in [0.3, 0.4) is 0 Å². The van der Waals surface area contributed by atoms with Crippen LogP contribution in [0.1, 0.15) is 25.7 Å². The molecule has 0 saturated heterocycles. The van der Waals surface area contributed by atoms with Gasteiger partial charge in [0.15, 0.2) is 0 Å². The number of nitrogens with one attached hydrogen (secondary N) is 1. The number of hydrogen-bond acceptors (Lipinski definition) is 4. The lowest BCUT2D eigenvalue weighted by Gasteiger charge is -2.27. The first-order valence-electron chi connectivity index (χ1n) is 5.09. The number of methoxy groups -OCH3 is 2. The van der Waals surface area contributed by atoms with E-state index in [1.807, 2.05) is 0 Å². The van der Waals surface area contributed by atoms with Crippen LogP contribution in [0.4, 0.5) is 0 Å². The lowest BCUT2D eigenvalue weighted by Crippen LogP contribution is -2.38. The highest BCUT2D eigenvalue weighted by Gasteiger charge is 2.20. The lowest BCUT2D eigenvalue weighted by atomic mass is 9.93. The first-order valence-corrected chi connectivity index (χ1v) is 5.09. The molecule has 1 fully saturated rings. The number of rotatable bonds is 4. The summed E-state index contributed by atoms with van der Waals surface area (Å²) >= 11 is 0. The van der Waals surface area contributed by atoms with Crippen molar-refractivity contribution in [1.29, 1.82) is 0 Å². The largest absolute Gasteiger partial charge is 0.468 e. The van der Waals surface area contributed by atoms with E-state index in [1.165, 1.54) is 7.11 Å². The van der Waals surface area contributed by atoms with Crippen LogP contribution in [0.15, 0.2) is 0 Å². The second-order valence-corrected chi connectivity index (χ2v) is 3.67. The van der Waals surface area contributed by atoms with E-state index >= 15 is 0 Å². The molecular weight excluding hydrogens is 182 g/mol. The third kappa shape index (κ3) is 3.64. The molecule has 14 heavy (non-hydrogen) atoms. The van der Waals surface area contributed by atoms with Crippen LogP contribution in [0.5, 0.6) is 0 Å². The highest BCUT2D eigenvalue weighted by atomic mass is 16.5. The Bertz CT molecular complexity index is 176. The fourth-order valence-electron chi connectivity index (χ4n) is 1.80. The van der Waals surface area contributed by atoms with Gasteiger partial charge in [-0.05, 0) is 25.7 Å². The summed E-state index contributed by atoms with van der Waals surface area (Å²) in [5.41, 5.74) is 0. The zero-order valence-electron chi connectivity index (χ0n) is 8.91. The van der Waals surface area contributed by atoms with E-state index in [2.05, 4.69) is 10.1 Å². The maximum atomic E-state index is 10.9. The molecule has 82 valence electrons. The maximum absolute atomic E-state index is 10.9. The highest BCUT2D eigenvalue weighted by Crippen LogP contribution is 2.20. The molecule has 1 N–H and O–H groups in total. The Kier molecular flexibility index (Phi) is 4.90. The minimum Gasteiger partial charge on any atom is -0.468 e. The number of esters is 1. The molecule has 1 rings (SSSR count). The van der Waals surface area contributed by atoms with Crippen molar-refractivity contribution in [2.45, 2.75) is 37.8 Å². The second kappa shape index (κ2) is 5.98. The van der Waals surface area contributed by atoms with Gasteiger partial charge >= 0.3 is 5.97 Å². The minimum atomic E-state index is -0.195. The molecular formula is C10H19NO3. The van der Waals surface area contributed by atoms with Gasteiger partial charge in [0.25, 0.3) is 0 Å². The van der Waals surface area contributed by atoms with E-state index in [0.717, 1.165) is 25.7 Å². The molecule has 0 aromatic rings. The van der Waals surface area contributed by atoms with E-state index in [1.54, 1.807) is 7.11 Å². The van der Waals surface area contributed by atoms with E-state index in [-0.39, 0.29) is 5.97 Å². The Balaban J connectivity index is 2.13. The quantitative estimate of drug-likeness (QED) is 0.680. The number of carbonyl (C=O) groups excluding carboxylic acids is 1. The molecule has 0 unspecified atom stereocenters. The molecule has 0 radical (unpaired) electrons. The van der Waals surface area contributed by atoms with Crippen LogP contribution in [-0.4, -0.2) is 38.9 Å². The van der Waals surface area contributed by atoms with Gasteiger partial charge in [0.1, 0.15) is 0 Å². The van der Waals surface area contributed by atoms with E-state index in [9.17, 15) is 4.79 Å². The molecule has 0 amide bonds. The molecule has 0 aromatic heterocycles. The summed E-state index contributed by atoms with van der Waals surface area (Å²) in [5.74, 6) is -0.195. The van der Waals surface area contributed by atoms with Crippen LogP contribution < -0.4 is 5.32 Å². The molecule has 0 heterocycles. The first kappa shape index (κ1) is 11.5. The fraction of sp³-hybridized carbons (Fsp3) is 0.900. The molecule has 0 aliphatic heterocycles. The normalized spacial score (nSPS) is 27.3. The van der Waals surface area contributed by atoms with Gasteiger partial charge in [-0.15, -0.1) is 0 Å². The molecule has 1 saturated carbocycles. The fourth-order valence-corrected chi connectivity index (χ4v) is 1.80. The Morgan fingerprint density at radius 2 is 1.93 bits per heavy atom. The summed E-state index contributed by atoms with van der Waals surface area (Å²) in [5, 5.41) is 3.19. The predicted molar refractivity (Wildman–Crippen MR) is 53.1 cm³/mol. The summed E-state index contributed by atoms with van der Waals surface area (Å²) in [4.78, 5) is 10.9. The Labute approximate surface area is 85.0 Å². The van der Waals surface area contributed by atoms with Gasteiger partial charge in [0.05, 0.1) is 19.8 Å². The van der Waals surface area contributed by atoms with Crippen molar-refractivity contribution < 1.29 is 14.3 Å². The third-order valence-corrected chi connectivity index (χ3v) is 2.77. The van der Waals surface area contributed by atoms with Crippen LogP contribution in [-0.2, 0) is 14.3 Å². The molecule has 1 aliphatic carbocycles. The average Bonchev–Trinajstić information content (AvgIpc) is 2.26. The SMILES string of the molecule is COC(=O)CNC1CCC(OC)CC1.